The molecule has 1 amide bonds. The van der Waals surface area contributed by atoms with Gasteiger partial charge in [0.2, 0.25) is 0 Å². The Balaban J connectivity index is 1.63. The van der Waals surface area contributed by atoms with Crippen LogP contribution in [0.5, 0.6) is 0 Å². The quantitative estimate of drug-likeness (QED) is 0.235. The van der Waals surface area contributed by atoms with Crippen LogP contribution in [-0.2, 0) is 21.2 Å². The van der Waals surface area contributed by atoms with Crippen molar-refractivity contribution in [3.05, 3.63) is 79.8 Å². The number of hydrogen-bond acceptors (Lipinski definition) is 7. The number of aromatic nitrogens is 2. The molecule has 13 heteroatoms. The number of sulfonamides is 1. The Morgan fingerprint density at radius 3 is 2.60 bits per heavy atom. The molecule has 1 aromatic heterocycles. The topological polar surface area (TPSA) is 138 Å². The molecular weight excluding hydrogens is 671 g/mol. The van der Waals surface area contributed by atoms with Crippen molar-refractivity contribution in [1.29, 1.82) is 0 Å². The summed E-state index contributed by atoms with van der Waals surface area (Å²) in [6.45, 7) is 0. The van der Waals surface area contributed by atoms with Gasteiger partial charge in [-0.15, -0.1) is 0 Å². The van der Waals surface area contributed by atoms with Crippen LogP contribution in [-0.4, -0.2) is 40.2 Å². The molecule has 35 heavy (non-hydrogen) atoms. The minimum Gasteiger partial charge on any atom is -0.480 e. The van der Waals surface area contributed by atoms with E-state index >= 15 is 0 Å². The zero-order valence-electron chi connectivity index (χ0n) is 17.6. The van der Waals surface area contributed by atoms with Gasteiger partial charge in [-0.2, -0.15) is 8.75 Å². The third-order valence-electron chi connectivity index (χ3n) is 4.94. The Morgan fingerprint density at radius 1 is 1.09 bits per heavy atom. The van der Waals surface area contributed by atoms with E-state index in [4.69, 9.17) is 0 Å². The zero-order valence-corrected chi connectivity index (χ0v) is 23.0. The molecule has 0 aliphatic heterocycles. The summed E-state index contributed by atoms with van der Waals surface area (Å²) in [6.07, 6.45) is 0.0464. The maximum atomic E-state index is 13.2. The summed E-state index contributed by atoms with van der Waals surface area (Å²) >= 11 is 6.23. The van der Waals surface area contributed by atoms with E-state index < -0.39 is 27.9 Å². The monoisotopic (exact) mass is 686 g/mol. The summed E-state index contributed by atoms with van der Waals surface area (Å²) in [7, 11) is -4.13. The second-order valence-electron chi connectivity index (χ2n) is 7.38. The lowest BCUT2D eigenvalue weighted by Gasteiger charge is -2.17. The number of aliphatic carboxylic acids is 1. The molecule has 4 aromatic rings. The molecule has 180 valence electrons. The molecule has 0 fully saturated rings. The van der Waals surface area contributed by atoms with Gasteiger partial charge in [0.15, 0.2) is 0 Å². The lowest BCUT2D eigenvalue weighted by Crippen LogP contribution is -2.42. The molecule has 0 saturated heterocycles. The average molecular weight is 687 g/mol. The Bertz CT molecular complexity index is 1540. The highest BCUT2D eigenvalue weighted by Crippen LogP contribution is 2.26. The smallest absolute Gasteiger partial charge is 0.326 e. The van der Waals surface area contributed by atoms with E-state index in [1.165, 1.54) is 18.2 Å². The normalized spacial score (nSPS) is 12.3. The highest BCUT2D eigenvalue weighted by atomic mass is 127. The summed E-state index contributed by atoms with van der Waals surface area (Å²) in [6, 6.07) is 15.0. The van der Waals surface area contributed by atoms with Gasteiger partial charge in [0.25, 0.3) is 15.9 Å². The number of nitrogens with one attached hydrogen (secondary N) is 2. The van der Waals surface area contributed by atoms with Crippen molar-refractivity contribution in [2.24, 2.45) is 0 Å². The van der Waals surface area contributed by atoms with Crippen molar-refractivity contribution in [3.8, 4) is 0 Å². The molecule has 3 N–H and O–H groups in total. The number of carbonyl (C=O) groups is 2. The number of nitrogens with zero attached hydrogens (tertiary/aromatic N) is 2. The summed E-state index contributed by atoms with van der Waals surface area (Å²) in [5.41, 5.74) is 1.37. The third-order valence-corrected chi connectivity index (χ3v) is 8.05. The first-order chi connectivity index (χ1) is 16.6. The van der Waals surface area contributed by atoms with Crippen molar-refractivity contribution < 1.29 is 23.1 Å². The summed E-state index contributed by atoms with van der Waals surface area (Å²) in [5.74, 6) is -1.94. The molecule has 0 aliphatic rings. The van der Waals surface area contributed by atoms with Crippen LogP contribution in [0.1, 0.15) is 15.9 Å². The van der Waals surface area contributed by atoms with Crippen LogP contribution in [0.3, 0.4) is 0 Å². The standard InChI is InChI=1S/C22H16BrIN4O5S2/c23-13-4-1-3-12(9-13)10-18(22(30)31)25-21(29)15-8-7-14(24)11-17(15)28-35(32,33)19-6-2-5-16-20(19)27-34-26-16/h1-9,11,18,28H,10H2,(H,25,29)(H,30,31). The van der Waals surface area contributed by atoms with Crippen LogP contribution >= 0.6 is 50.2 Å². The van der Waals surface area contributed by atoms with Gasteiger partial charge in [-0.1, -0.05) is 34.1 Å². The molecular formula is C22H16BrIN4O5S2. The summed E-state index contributed by atoms with van der Waals surface area (Å²) in [5, 5.41) is 12.2. The van der Waals surface area contributed by atoms with Gasteiger partial charge in [0.05, 0.1) is 23.0 Å². The van der Waals surface area contributed by atoms with Gasteiger partial charge in [-0.3, -0.25) is 9.52 Å². The molecule has 0 saturated carbocycles. The maximum absolute atomic E-state index is 13.2. The first-order valence-corrected chi connectivity index (χ1v) is 14.0. The highest BCUT2D eigenvalue weighted by Gasteiger charge is 2.26. The number of benzene rings is 3. The fraction of sp³-hybridized carbons (Fsp3) is 0.0909. The largest absolute Gasteiger partial charge is 0.480 e. The molecule has 1 unspecified atom stereocenters. The van der Waals surface area contributed by atoms with Crippen LogP contribution in [0.2, 0.25) is 0 Å². The predicted molar refractivity (Wildman–Crippen MR) is 144 cm³/mol. The fourth-order valence-electron chi connectivity index (χ4n) is 3.33. The molecule has 1 heterocycles. The molecule has 0 spiro atoms. The Kier molecular flexibility index (Phi) is 7.68. The zero-order chi connectivity index (χ0) is 25.2. The average Bonchev–Trinajstić information content (AvgIpc) is 3.27. The van der Waals surface area contributed by atoms with Crippen LogP contribution < -0.4 is 10.0 Å². The lowest BCUT2D eigenvalue weighted by molar-refractivity contribution is -0.139. The van der Waals surface area contributed by atoms with E-state index in [2.05, 4.69) is 34.7 Å². The Hall–Kier alpha value is -2.62. The first kappa shape index (κ1) is 25.5. The number of fused-ring (bicyclic) bond motifs is 1. The molecule has 0 bridgehead atoms. The van der Waals surface area contributed by atoms with Crippen LogP contribution in [0.15, 0.2) is 70.0 Å². The first-order valence-electron chi connectivity index (χ1n) is 9.96. The van der Waals surface area contributed by atoms with Crippen molar-refractivity contribution in [2.45, 2.75) is 17.4 Å². The molecule has 9 nitrogen and oxygen atoms in total. The van der Waals surface area contributed by atoms with Crippen LogP contribution in [0.4, 0.5) is 5.69 Å². The lowest BCUT2D eigenvalue weighted by atomic mass is 10.1. The van der Waals surface area contributed by atoms with E-state index in [0.29, 0.717) is 14.7 Å². The second-order valence-corrected chi connectivity index (χ2v) is 11.7. The van der Waals surface area contributed by atoms with E-state index in [9.17, 15) is 23.1 Å². The number of carboxylic acid groups (broad SMARTS) is 1. The van der Waals surface area contributed by atoms with E-state index in [-0.39, 0.29) is 28.1 Å². The van der Waals surface area contributed by atoms with Gasteiger partial charge in [0.1, 0.15) is 22.0 Å². The second kappa shape index (κ2) is 10.6. The molecule has 0 radical (unpaired) electrons. The van der Waals surface area contributed by atoms with E-state index in [1.807, 2.05) is 28.7 Å². The van der Waals surface area contributed by atoms with Crippen molar-refractivity contribution >= 4 is 88.9 Å². The highest BCUT2D eigenvalue weighted by molar-refractivity contribution is 14.1. The van der Waals surface area contributed by atoms with Crippen LogP contribution in [0, 0.1) is 3.57 Å². The van der Waals surface area contributed by atoms with Crippen molar-refractivity contribution in [3.63, 3.8) is 0 Å². The van der Waals surface area contributed by atoms with E-state index in [0.717, 1.165) is 16.2 Å². The molecule has 4 rings (SSSR count). The van der Waals surface area contributed by atoms with Crippen molar-refractivity contribution in [2.75, 3.05) is 4.72 Å². The fourth-order valence-corrected chi connectivity index (χ4v) is 6.11. The van der Waals surface area contributed by atoms with Gasteiger partial charge < -0.3 is 10.4 Å². The Morgan fingerprint density at radius 2 is 1.86 bits per heavy atom. The number of halogens is 2. The molecule has 1 atom stereocenters. The summed E-state index contributed by atoms with van der Waals surface area (Å²) in [4.78, 5) is 24.9. The number of carbonyl (C=O) groups excluding carboxylic acids is 1. The maximum Gasteiger partial charge on any atom is 0.326 e. The minimum atomic E-state index is -4.13. The van der Waals surface area contributed by atoms with Gasteiger partial charge in [0, 0.05) is 14.5 Å². The number of hydrogen-bond donors (Lipinski definition) is 3. The molecule has 0 aliphatic carbocycles. The Labute approximate surface area is 226 Å². The number of rotatable bonds is 8. The summed E-state index contributed by atoms with van der Waals surface area (Å²) < 4.78 is 38.4. The molecule has 3 aromatic carbocycles. The van der Waals surface area contributed by atoms with Crippen LogP contribution in [0.25, 0.3) is 11.0 Å². The van der Waals surface area contributed by atoms with Crippen molar-refractivity contribution in [1.82, 2.24) is 14.1 Å². The number of amides is 1. The third kappa shape index (κ3) is 5.97. The van der Waals surface area contributed by atoms with Gasteiger partial charge >= 0.3 is 5.97 Å². The van der Waals surface area contributed by atoms with Gasteiger partial charge in [-0.05, 0) is 70.6 Å². The number of carboxylic acids is 1. The van der Waals surface area contributed by atoms with Gasteiger partial charge in [-0.25, -0.2) is 13.2 Å². The van der Waals surface area contributed by atoms with E-state index in [1.54, 1.807) is 36.4 Å². The minimum absolute atomic E-state index is 0.0150. The SMILES string of the molecule is O=C(NC(Cc1cccc(Br)c1)C(=O)O)c1ccc(I)cc1NS(=O)(=O)c1cccc2nsnc12. The number of anilines is 1. The predicted octanol–water partition coefficient (Wildman–Crippen LogP) is 4.28.